The number of nitriles is 1. The maximum absolute atomic E-state index is 11.6. The smallest absolute Gasteiger partial charge is 0.356 e. The zero-order valence-corrected chi connectivity index (χ0v) is 14.9. The number of hydrogen-bond acceptors (Lipinski definition) is 7. The molecule has 8 heteroatoms. The van der Waals surface area contributed by atoms with E-state index in [0.29, 0.717) is 11.3 Å². The Morgan fingerprint density at radius 3 is 2.61 bits per heavy atom. The molecule has 0 atom stereocenters. The first-order valence-corrected chi connectivity index (χ1v) is 7.50. The van der Waals surface area contributed by atoms with Crippen LogP contribution in [0.2, 0.25) is 0 Å². The van der Waals surface area contributed by atoms with Gasteiger partial charge in [0.2, 0.25) is 0 Å². The number of nitrogens with zero attached hydrogens (tertiary/aromatic N) is 2. The molecule has 0 aromatic carbocycles. The van der Waals surface area contributed by atoms with Crippen LogP contribution in [0.15, 0.2) is 12.1 Å². The Kier molecular flexibility index (Phi) is 6.48. The van der Waals surface area contributed by atoms with Gasteiger partial charge in [0.05, 0.1) is 18.8 Å². The van der Waals surface area contributed by atoms with Crippen LogP contribution in [0.1, 0.15) is 38.2 Å². The molecule has 6 nitrogen and oxygen atoms in total. The van der Waals surface area contributed by atoms with Gasteiger partial charge in [0.15, 0.2) is 5.69 Å². The molecule has 0 spiro atoms. The van der Waals surface area contributed by atoms with Crippen LogP contribution in [0.4, 0.5) is 5.82 Å². The molecule has 123 valence electrons. The largest absolute Gasteiger partial charge is 0.464 e. The highest BCUT2D eigenvalue weighted by molar-refractivity contribution is 7.81. The van der Waals surface area contributed by atoms with Crippen LogP contribution in [-0.2, 0) is 9.39 Å². The van der Waals surface area contributed by atoms with Crippen molar-refractivity contribution in [1.82, 2.24) is 4.98 Å². The van der Waals surface area contributed by atoms with Gasteiger partial charge in [-0.05, 0) is 39.2 Å². The molecule has 0 saturated carbocycles. The van der Waals surface area contributed by atoms with Gasteiger partial charge < -0.3 is 14.7 Å². The molecule has 1 rings (SSSR count). The summed E-state index contributed by atoms with van der Waals surface area (Å²) in [5.41, 5.74) is 0.237. The fourth-order valence-corrected chi connectivity index (χ4v) is 1.46. The summed E-state index contributed by atoms with van der Waals surface area (Å²) in [6.45, 7) is 7.82. The van der Waals surface area contributed by atoms with Crippen LogP contribution < -0.4 is 10.8 Å². The first-order chi connectivity index (χ1) is 10.6. The van der Waals surface area contributed by atoms with Gasteiger partial charge in [0.25, 0.3) is 0 Å². The second-order valence-electron chi connectivity index (χ2n) is 5.94. The zero-order valence-electron chi connectivity index (χ0n) is 14.0. The second-order valence-corrected chi connectivity index (χ2v) is 7.06. The molecule has 0 bridgehead atoms. The minimum Gasteiger partial charge on any atom is -0.464 e. The summed E-state index contributed by atoms with van der Waals surface area (Å²) in [6.07, 6.45) is 0. The van der Waals surface area contributed by atoms with Crippen molar-refractivity contribution in [3.63, 3.8) is 0 Å². The number of hydrogen-bond donors (Lipinski definition) is 2. The van der Waals surface area contributed by atoms with Crippen molar-refractivity contribution in [2.24, 2.45) is 0 Å². The predicted octanol–water partition coefficient (Wildman–Crippen LogP) is 1.55. The number of rotatable bonds is 7. The van der Waals surface area contributed by atoms with Crippen LogP contribution in [0.25, 0.3) is 0 Å². The number of pyridine rings is 1. The topological polar surface area (TPSA) is 84.2 Å². The molecule has 1 aromatic heterocycles. The molecule has 0 aliphatic carbocycles. The Hall–Kier alpha value is -1.72. The fraction of sp³-hybridized carbons (Fsp3) is 0.533. The third-order valence-electron chi connectivity index (χ3n) is 3.61. The monoisotopic (exact) mass is 334 g/mol. The van der Waals surface area contributed by atoms with Gasteiger partial charge in [-0.1, -0.05) is 6.07 Å². The Morgan fingerprint density at radius 1 is 1.43 bits per heavy atom. The standard InChI is InChI=1S/C15H21BN3O3S/c1-14(2,15(3,4)23)22-16-10-6-7-11(13(20)21-5)19-12(10)18-9-8-17/h6-7,23H,9H2,1-5H3,(H,18,19). The summed E-state index contributed by atoms with van der Waals surface area (Å²) in [7, 11) is 2.83. The average molecular weight is 334 g/mol. The number of methoxy groups -OCH3 is 1. The quantitative estimate of drug-likeness (QED) is 0.341. The minimum absolute atomic E-state index is 0.0555. The van der Waals surface area contributed by atoms with E-state index in [2.05, 4.69) is 27.7 Å². The molecule has 0 fully saturated rings. The van der Waals surface area contributed by atoms with Gasteiger partial charge in [-0.3, -0.25) is 0 Å². The van der Waals surface area contributed by atoms with Crippen LogP contribution in [0, 0.1) is 11.3 Å². The van der Waals surface area contributed by atoms with Gasteiger partial charge in [-0.2, -0.15) is 17.9 Å². The van der Waals surface area contributed by atoms with E-state index in [9.17, 15) is 4.79 Å². The van der Waals surface area contributed by atoms with E-state index in [-0.39, 0.29) is 17.0 Å². The van der Waals surface area contributed by atoms with Crippen LogP contribution >= 0.6 is 12.6 Å². The van der Waals surface area contributed by atoms with E-state index < -0.39 is 11.6 Å². The SMILES string of the molecule is COC(=O)c1ccc([B]OC(C)(C)C(C)(C)S)c(NCC#N)n1. The first kappa shape index (κ1) is 19.3. The van der Waals surface area contributed by atoms with Crippen molar-refractivity contribution in [2.45, 2.75) is 38.0 Å². The highest BCUT2D eigenvalue weighted by Crippen LogP contribution is 2.30. The maximum atomic E-state index is 11.6. The van der Waals surface area contributed by atoms with Gasteiger partial charge in [-0.25, -0.2) is 9.78 Å². The summed E-state index contributed by atoms with van der Waals surface area (Å²) in [5.74, 6) is -0.170. The lowest BCUT2D eigenvalue weighted by atomic mass is 9.84. The van der Waals surface area contributed by atoms with E-state index in [1.807, 2.05) is 33.8 Å². The summed E-state index contributed by atoms with van der Waals surface area (Å²) in [5, 5.41) is 11.6. The van der Waals surface area contributed by atoms with Gasteiger partial charge >= 0.3 is 13.5 Å². The average Bonchev–Trinajstić information content (AvgIpc) is 2.49. The normalized spacial score (nSPS) is 11.5. The molecular formula is C15H21BN3O3S. The molecule has 1 aromatic rings. The number of anilines is 1. The molecule has 0 saturated heterocycles. The Labute approximate surface area is 143 Å². The van der Waals surface area contributed by atoms with Crippen molar-refractivity contribution >= 4 is 37.4 Å². The van der Waals surface area contributed by atoms with Gasteiger partial charge in [-0.15, -0.1) is 0 Å². The highest BCUT2D eigenvalue weighted by atomic mass is 32.1. The van der Waals surface area contributed by atoms with Crippen LogP contribution in [0.5, 0.6) is 0 Å². The van der Waals surface area contributed by atoms with Crippen LogP contribution in [0.3, 0.4) is 0 Å². The van der Waals surface area contributed by atoms with Crippen LogP contribution in [-0.4, -0.2) is 42.4 Å². The third kappa shape index (κ3) is 5.15. The van der Waals surface area contributed by atoms with Gasteiger partial charge in [0.1, 0.15) is 12.4 Å². The molecule has 0 unspecified atom stereocenters. The lowest BCUT2D eigenvalue weighted by Crippen LogP contribution is -2.46. The third-order valence-corrected chi connectivity index (χ3v) is 4.15. The molecule has 23 heavy (non-hydrogen) atoms. The molecule has 0 amide bonds. The van der Waals surface area contributed by atoms with Crippen molar-refractivity contribution in [3.05, 3.63) is 17.8 Å². The van der Waals surface area contributed by atoms with E-state index >= 15 is 0 Å². The van der Waals surface area contributed by atoms with Crippen molar-refractivity contribution in [2.75, 3.05) is 19.0 Å². The fourth-order valence-electron chi connectivity index (χ4n) is 1.40. The van der Waals surface area contributed by atoms with Gasteiger partial charge in [0, 0.05) is 4.75 Å². The number of aromatic nitrogens is 1. The molecule has 0 aliphatic heterocycles. The molecule has 1 radical (unpaired) electrons. The van der Waals surface area contributed by atoms with Crippen molar-refractivity contribution in [3.8, 4) is 6.07 Å². The number of ether oxygens (including phenoxy) is 1. The van der Waals surface area contributed by atoms with E-state index in [1.165, 1.54) is 13.2 Å². The lowest BCUT2D eigenvalue weighted by molar-refractivity contribution is 0.0594. The molecular weight excluding hydrogens is 313 g/mol. The van der Waals surface area contributed by atoms with Crippen molar-refractivity contribution < 1.29 is 14.2 Å². The minimum atomic E-state index is -0.547. The van der Waals surface area contributed by atoms with E-state index in [4.69, 9.17) is 9.92 Å². The van der Waals surface area contributed by atoms with E-state index in [0.717, 1.165) is 0 Å². The first-order valence-electron chi connectivity index (χ1n) is 7.06. The summed E-state index contributed by atoms with van der Waals surface area (Å²) < 4.78 is 10.1. The number of esters is 1. The predicted molar refractivity (Wildman–Crippen MR) is 93.3 cm³/mol. The molecule has 0 aliphatic rings. The highest BCUT2D eigenvalue weighted by Gasteiger charge is 2.34. The number of nitrogens with one attached hydrogen (secondary N) is 1. The second kappa shape index (κ2) is 7.71. The summed E-state index contributed by atoms with van der Waals surface area (Å²) in [6, 6.07) is 5.19. The Bertz CT molecular complexity index is 609. The lowest BCUT2D eigenvalue weighted by Gasteiger charge is -2.38. The zero-order chi connectivity index (χ0) is 17.7. The number of thiol groups is 1. The molecule has 1 heterocycles. The molecule has 1 N–H and O–H groups in total. The van der Waals surface area contributed by atoms with Crippen molar-refractivity contribution in [1.29, 1.82) is 5.26 Å². The number of carbonyl (C=O) groups is 1. The summed E-state index contributed by atoms with van der Waals surface area (Å²) in [4.78, 5) is 15.7. The number of carbonyl (C=O) groups excluding carboxylic acids is 1. The Morgan fingerprint density at radius 2 is 2.09 bits per heavy atom. The van der Waals surface area contributed by atoms with E-state index in [1.54, 1.807) is 13.5 Å². The summed E-state index contributed by atoms with van der Waals surface area (Å²) >= 11 is 4.54. The maximum Gasteiger partial charge on any atom is 0.356 e. The Balaban J connectivity index is 3.01.